The minimum Gasteiger partial charge on any atom is -0.389 e. The molecule has 17 heavy (non-hydrogen) atoms. The van der Waals surface area contributed by atoms with Crippen molar-refractivity contribution in [2.75, 3.05) is 39.1 Å². The van der Waals surface area contributed by atoms with Crippen LogP contribution in [0.2, 0.25) is 0 Å². The van der Waals surface area contributed by atoms with Gasteiger partial charge in [-0.3, -0.25) is 0 Å². The van der Waals surface area contributed by atoms with Gasteiger partial charge in [0.25, 0.3) is 0 Å². The summed E-state index contributed by atoms with van der Waals surface area (Å²) in [6, 6.07) is 3.79. The third kappa shape index (κ3) is 4.71. The van der Waals surface area contributed by atoms with Crippen molar-refractivity contribution in [3.05, 3.63) is 23.9 Å². The number of aromatic nitrogens is 1. The van der Waals surface area contributed by atoms with Gasteiger partial charge in [-0.15, -0.1) is 0 Å². The molecule has 1 atom stereocenters. The van der Waals surface area contributed by atoms with Crippen LogP contribution in [-0.4, -0.2) is 49.2 Å². The Morgan fingerprint density at radius 1 is 1.29 bits per heavy atom. The second-order valence-corrected chi connectivity index (χ2v) is 4.70. The highest BCUT2D eigenvalue weighted by molar-refractivity contribution is 5.40. The molecule has 0 bridgehead atoms. The van der Waals surface area contributed by atoms with E-state index in [0.717, 1.165) is 30.9 Å². The zero-order valence-corrected chi connectivity index (χ0v) is 11.2. The molecule has 0 unspecified atom stereocenters. The third-order valence-corrected chi connectivity index (χ3v) is 2.74. The summed E-state index contributed by atoms with van der Waals surface area (Å²) in [5.74, 6) is 0.919. The fraction of sp³-hybridized carbons (Fsp3) is 0.615. The van der Waals surface area contributed by atoms with Gasteiger partial charge in [0.05, 0.1) is 6.10 Å². The van der Waals surface area contributed by atoms with Crippen LogP contribution in [0.5, 0.6) is 0 Å². The number of aliphatic hydroxyl groups is 1. The van der Waals surface area contributed by atoms with Crippen LogP contribution < -0.4 is 4.90 Å². The fourth-order valence-corrected chi connectivity index (χ4v) is 1.64. The lowest BCUT2D eigenvalue weighted by atomic mass is 10.1. The molecule has 1 aromatic heterocycles. The van der Waals surface area contributed by atoms with Crippen molar-refractivity contribution in [2.45, 2.75) is 19.4 Å². The second-order valence-electron chi connectivity index (χ2n) is 4.70. The van der Waals surface area contributed by atoms with E-state index in [0.29, 0.717) is 0 Å². The van der Waals surface area contributed by atoms with Gasteiger partial charge in [-0.2, -0.15) is 0 Å². The normalized spacial score (nSPS) is 12.8. The van der Waals surface area contributed by atoms with Gasteiger partial charge in [0.1, 0.15) is 5.82 Å². The molecule has 1 rings (SSSR count). The molecule has 0 amide bonds. The van der Waals surface area contributed by atoms with Crippen molar-refractivity contribution >= 4 is 5.82 Å². The predicted molar refractivity (Wildman–Crippen MR) is 71.3 cm³/mol. The zero-order valence-electron chi connectivity index (χ0n) is 11.2. The quantitative estimate of drug-likeness (QED) is 0.814. The molecule has 0 aliphatic rings. The first-order valence-corrected chi connectivity index (χ1v) is 6.00. The van der Waals surface area contributed by atoms with E-state index in [4.69, 9.17) is 0 Å². The topological polar surface area (TPSA) is 39.6 Å². The molecule has 4 heteroatoms. The van der Waals surface area contributed by atoms with Crippen molar-refractivity contribution < 1.29 is 5.11 Å². The summed E-state index contributed by atoms with van der Waals surface area (Å²) in [5, 5.41) is 9.53. The molecule has 0 radical (unpaired) electrons. The minimum atomic E-state index is -0.438. The Balaban J connectivity index is 2.56. The Hall–Kier alpha value is -1.13. The molecule has 1 aromatic rings. The van der Waals surface area contributed by atoms with Gasteiger partial charge in [0.2, 0.25) is 0 Å². The molecule has 0 fully saturated rings. The van der Waals surface area contributed by atoms with E-state index in [1.54, 1.807) is 13.1 Å². The van der Waals surface area contributed by atoms with Crippen LogP contribution in [0.15, 0.2) is 18.3 Å². The van der Waals surface area contributed by atoms with Crippen molar-refractivity contribution in [3.63, 3.8) is 0 Å². The van der Waals surface area contributed by atoms with E-state index in [-0.39, 0.29) is 0 Å². The van der Waals surface area contributed by atoms with Crippen molar-refractivity contribution in [1.29, 1.82) is 0 Å². The van der Waals surface area contributed by atoms with Gasteiger partial charge in [-0.25, -0.2) is 4.98 Å². The van der Waals surface area contributed by atoms with Crippen LogP contribution in [0.3, 0.4) is 0 Å². The number of anilines is 1. The molecular weight excluding hydrogens is 214 g/mol. The highest BCUT2D eigenvalue weighted by atomic mass is 16.3. The lowest BCUT2D eigenvalue weighted by Crippen LogP contribution is -2.24. The number of rotatable bonds is 6. The average molecular weight is 237 g/mol. The Kier molecular flexibility index (Phi) is 5.38. The van der Waals surface area contributed by atoms with Crippen molar-refractivity contribution in [2.24, 2.45) is 0 Å². The molecule has 0 aromatic carbocycles. The van der Waals surface area contributed by atoms with Gasteiger partial charge in [-0.1, -0.05) is 0 Å². The molecule has 1 heterocycles. The fourth-order valence-electron chi connectivity index (χ4n) is 1.64. The summed E-state index contributed by atoms with van der Waals surface area (Å²) in [5.41, 5.74) is 0.912. The van der Waals surface area contributed by atoms with Gasteiger partial charge in [0.15, 0.2) is 0 Å². The molecule has 0 spiro atoms. The minimum absolute atomic E-state index is 0.438. The summed E-state index contributed by atoms with van der Waals surface area (Å²) in [6.45, 7) is 3.81. The highest BCUT2D eigenvalue weighted by Gasteiger charge is 2.06. The van der Waals surface area contributed by atoms with E-state index in [1.165, 1.54) is 0 Å². The molecule has 4 nitrogen and oxygen atoms in total. The van der Waals surface area contributed by atoms with E-state index >= 15 is 0 Å². The number of hydrogen-bond donors (Lipinski definition) is 1. The van der Waals surface area contributed by atoms with Crippen LogP contribution >= 0.6 is 0 Å². The van der Waals surface area contributed by atoms with Crippen LogP contribution in [0.1, 0.15) is 25.0 Å². The monoisotopic (exact) mass is 237 g/mol. The maximum absolute atomic E-state index is 9.53. The smallest absolute Gasteiger partial charge is 0.128 e. The maximum Gasteiger partial charge on any atom is 0.128 e. The molecule has 0 aliphatic carbocycles. The number of nitrogens with zero attached hydrogens (tertiary/aromatic N) is 3. The highest BCUT2D eigenvalue weighted by Crippen LogP contribution is 2.16. The van der Waals surface area contributed by atoms with Gasteiger partial charge >= 0.3 is 0 Å². The first kappa shape index (κ1) is 13.9. The third-order valence-electron chi connectivity index (χ3n) is 2.74. The van der Waals surface area contributed by atoms with Crippen molar-refractivity contribution in [3.8, 4) is 0 Å². The summed E-state index contributed by atoms with van der Waals surface area (Å²) in [7, 11) is 6.18. The second kappa shape index (κ2) is 6.57. The molecule has 0 aliphatic heterocycles. The molecule has 96 valence electrons. The molecule has 0 saturated carbocycles. The first-order chi connectivity index (χ1) is 8.00. The Morgan fingerprint density at radius 3 is 2.59 bits per heavy atom. The standard InChI is InChI=1S/C13H23N3O/c1-11(17)12-6-7-14-13(10-12)16(4)9-5-8-15(2)3/h6-7,10-11,17H,5,8-9H2,1-4H3/t11-/m0/s1. The van der Waals surface area contributed by atoms with Gasteiger partial charge < -0.3 is 14.9 Å². The van der Waals surface area contributed by atoms with E-state index in [2.05, 4.69) is 28.9 Å². The summed E-state index contributed by atoms with van der Waals surface area (Å²) >= 11 is 0. The number of aliphatic hydroxyl groups excluding tert-OH is 1. The van der Waals surface area contributed by atoms with E-state index < -0.39 is 6.10 Å². The van der Waals surface area contributed by atoms with E-state index in [1.807, 2.05) is 19.2 Å². The number of hydrogen-bond acceptors (Lipinski definition) is 4. The molecule has 0 saturated heterocycles. The Morgan fingerprint density at radius 2 is 2.00 bits per heavy atom. The van der Waals surface area contributed by atoms with Gasteiger partial charge in [0, 0.05) is 19.8 Å². The first-order valence-electron chi connectivity index (χ1n) is 6.00. The predicted octanol–water partition coefficient (Wildman–Crippen LogP) is 1.52. The lowest BCUT2D eigenvalue weighted by Gasteiger charge is -2.20. The Labute approximate surface area is 104 Å². The van der Waals surface area contributed by atoms with Crippen LogP contribution in [-0.2, 0) is 0 Å². The van der Waals surface area contributed by atoms with Gasteiger partial charge in [-0.05, 0) is 51.7 Å². The molecular formula is C13H23N3O. The lowest BCUT2D eigenvalue weighted by molar-refractivity contribution is 0.199. The SMILES string of the molecule is C[C@H](O)c1ccnc(N(C)CCCN(C)C)c1. The average Bonchev–Trinajstić information content (AvgIpc) is 2.28. The summed E-state index contributed by atoms with van der Waals surface area (Å²) < 4.78 is 0. The maximum atomic E-state index is 9.53. The van der Waals surface area contributed by atoms with Crippen LogP contribution in [0, 0.1) is 0 Å². The molecule has 1 N–H and O–H groups in total. The van der Waals surface area contributed by atoms with Crippen LogP contribution in [0.25, 0.3) is 0 Å². The van der Waals surface area contributed by atoms with Crippen LogP contribution in [0.4, 0.5) is 5.82 Å². The summed E-state index contributed by atoms with van der Waals surface area (Å²) in [4.78, 5) is 8.62. The largest absolute Gasteiger partial charge is 0.389 e. The zero-order chi connectivity index (χ0) is 12.8. The van der Waals surface area contributed by atoms with E-state index in [9.17, 15) is 5.11 Å². The van der Waals surface area contributed by atoms with Crippen molar-refractivity contribution in [1.82, 2.24) is 9.88 Å². The summed E-state index contributed by atoms with van der Waals surface area (Å²) in [6.07, 6.45) is 2.41. The number of pyridine rings is 1. The Bertz CT molecular complexity index is 339.